The van der Waals surface area contributed by atoms with Crippen LogP contribution in [0, 0.1) is 10.1 Å². The minimum Gasteiger partial charge on any atom is -0.378 e. The number of benzene rings is 3. The van der Waals surface area contributed by atoms with E-state index in [1.807, 2.05) is 30.3 Å². The first kappa shape index (κ1) is 21.6. The minimum absolute atomic E-state index is 0. The summed E-state index contributed by atoms with van der Waals surface area (Å²) in [6.07, 6.45) is 0.239. The lowest BCUT2D eigenvalue weighted by Crippen LogP contribution is -2.15. The van der Waals surface area contributed by atoms with E-state index in [2.05, 4.69) is 5.32 Å². The summed E-state index contributed by atoms with van der Waals surface area (Å²) in [6, 6.07) is 22.3. The highest BCUT2D eigenvalue weighted by molar-refractivity contribution is 8.93. The van der Waals surface area contributed by atoms with Gasteiger partial charge in [-0.25, -0.2) is 0 Å². The highest BCUT2D eigenvalue weighted by Gasteiger charge is 2.18. The fourth-order valence-electron chi connectivity index (χ4n) is 2.76. The van der Waals surface area contributed by atoms with Gasteiger partial charge in [0, 0.05) is 34.8 Å². The Balaban J connectivity index is 0.00000280. The number of hydrogen-bond acceptors (Lipinski definition) is 4. The Morgan fingerprint density at radius 2 is 1.57 bits per heavy atom. The van der Waals surface area contributed by atoms with Crippen LogP contribution < -0.4 is 5.32 Å². The Morgan fingerprint density at radius 1 is 0.964 bits per heavy atom. The van der Waals surface area contributed by atoms with Crippen molar-refractivity contribution in [1.29, 1.82) is 0 Å². The summed E-state index contributed by atoms with van der Waals surface area (Å²) < 4.78 is 0. The number of non-ortho nitro benzene ring substituents is 1. The third kappa shape index (κ3) is 5.65. The molecule has 3 rings (SSSR count). The molecule has 144 valence electrons. The Hall–Kier alpha value is -2.70. The average molecular weight is 462 g/mol. The zero-order valence-corrected chi connectivity index (χ0v) is 17.2. The van der Waals surface area contributed by atoms with Crippen LogP contribution in [0.2, 0.25) is 5.02 Å². The van der Waals surface area contributed by atoms with Gasteiger partial charge in [0.15, 0.2) is 5.78 Å². The average Bonchev–Trinajstić information content (AvgIpc) is 2.69. The molecule has 0 saturated heterocycles. The summed E-state index contributed by atoms with van der Waals surface area (Å²) in [5.74, 6) is -0.0186. The predicted octanol–water partition coefficient (Wildman–Crippen LogP) is 6.25. The molecule has 5 nitrogen and oxygen atoms in total. The number of rotatable bonds is 7. The van der Waals surface area contributed by atoms with Crippen LogP contribution >= 0.6 is 28.6 Å². The molecule has 28 heavy (non-hydrogen) atoms. The molecule has 0 amide bonds. The van der Waals surface area contributed by atoms with E-state index in [-0.39, 0.29) is 40.9 Å². The van der Waals surface area contributed by atoms with Crippen molar-refractivity contribution in [3.8, 4) is 0 Å². The second kappa shape index (κ2) is 10.0. The smallest absolute Gasteiger partial charge is 0.269 e. The number of ketones is 1. The molecule has 7 heteroatoms. The van der Waals surface area contributed by atoms with E-state index >= 15 is 0 Å². The van der Waals surface area contributed by atoms with Crippen molar-refractivity contribution in [3.05, 3.63) is 105 Å². The zero-order valence-electron chi connectivity index (χ0n) is 14.7. The molecular formula is C21H18BrClN2O3. The fraction of sp³-hybridized carbons (Fsp3) is 0.0952. The van der Waals surface area contributed by atoms with E-state index < -0.39 is 4.92 Å². The second-order valence-corrected chi connectivity index (χ2v) is 6.48. The quantitative estimate of drug-likeness (QED) is 0.256. The molecule has 1 atom stereocenters. The topological polar surface area (TPSA) is 72.2 Å². The zero-order chi connectivity index (χ0) is 19.2. The highest BCUT2D eigenvalue weighted by atomic mass is 79.9. The van der Waals surface area contributed by atoms with Crippen LogP contribution in [0.3, 0.4) is 0 Å². The summed E-state index contributed by atoms with van der Waals surface area (Å²) in [5.41, 5.74) is 2.27. The molecule has 1 N–H and O–H groups in total. The molecule has 3 aromatic rings. The van der Waals surface area contributed by atoms with E-state index in [0.29, 0.717) is 16.3 Å². The number of nitrogens with one attached hydrogen (secondary N) is 1. The highest BCUT2D eigenvalue weighted by Crippen LogP contribution is 2.26. The van der Waals surface area contributed by atoms with Gasteiger partial charge in [-0.3, -0.25) is 14.9 Å². The summed E-state index contributed by atoms with van der Waals surface area (Å²) in [4.78, 5) is 23.1. The Morgan fingerprint density at radius 3 is 2.14 bits per heavy atom. The van der Waals surface area contributed by atoms with Crippen LogP contribution in [0.1, 0.15) is 28.4 Å². The molecule has 0 heterocycles. The van der Waals surface area contributed by atoms with Crippen molar-refractivity contribution < 1.29 is 9.72 Å². The summed E-state index contributed by atoms with van der Waals surface area (Å²) in [7, 11) is 0. The van der Waals surface area contributed by atoms with Crippen LogP contribution in [0.15, 0.2) is 78.9 Å². The number of anilines is 1. The van der Waals surface area contributed by atoms with Crippen LogP contribution in [-0.2, 0) is 0 Å². The fourth-order valence-corrected chi connectivity index (χ4v) is 2.88. The lowest BCUT2D eigenvalue weighted by molar-refractivity contribution is -0.384. The molecule has 0 fully saturated rings. The molecule has 3 aromatic carbocycles. The first-order valence-corrected chi connectivity index (χ1v) is 8.75. The molecule has 0 aliphatic carbocycles. The minimum atomic E-state index is -0.442. The summed E-state index contributed by atoms with van der Waals surface area (Å²) in [6.45, 7) is 0. The van der Waals surface area contributed by atoms with Crippen molar-refractivity contribution in [2.75, 3.05) is 5.32 Å². The van der Waals surface area contributed by atoms with Crippen molar-refractivity contribution in [2.45, 2.75) is 12.5 Å². The number of carbonyl (C=O) groups excluding carboxylic acids is 1. The van der Waals surface area contributed by atoms with Crippen LogP contribution in [0.5, 0.6) is 0 Å². The first-order chi connectivity index (χ1) is 13.0. The lowest BCUT2D eigenvalue weighted by Gasteiger charge is -2.20. The largest absolute Gasteiger partial charge is 0.378 e. The maximum Gasteiger partial charge on any atom is 0.269 e. The van der Waals surface area contributed by atoms with Gasteiger partial charge in [0.1, 0.15) is 0 Å². The predicted molar refractivity (Wildman–Crippen MR) is 117 cm³/mol. The molecular weight excluding hydrogens is 444 g/mol. The monoisotopic (exact) mass is 460 g/mol. The standard InChI is InChI=1S/C21H17ClN2O3.BrH/c22-17-8-6-16(7-9-17)21(25)14-20(15-4-2-1-3-5-15)23-18-10-12-19(13-11-18)24(26)27;/h1-13,20,23H,14H2;1H. The van der Waals surface area contributed by atoms with Gasteiger partial charge in [-0.05, 0) is 42.0 Å². The van der Waals surface area contributed by atoms with E-state index in [4.69, 9.17) is 11.6 Å². The molecule has 0 aliphatic rings. The van der Waals surface area contributed by atoms with Gasteiger partial charge in [-0.2, -0.15) is 0 Å². The van der Waals surface area contributed by atoms with Gasteiger partial charge < -0.3 is 5.32 Å². The summed E-state index contributed by atoms with van der Waals surface area (Å²) in [5, 5.41) is 14.7. The molecule has 0 radical (unpaired) electrons. The van der Waals surface area contributed by atoms with Crippen LogP contribution in [-0.4, -0.2) is 10.7 Å². The van der Waals surface area contributed by atoms with E-state index in [9.17, 15) is 14.9 Å². The van der Waals surface area contributed by atoms with E-state index in [0.717, 1.165) is 5.56 Å². The van der Waals surface area contributed by atoms with E-state index in [1.165, 1.54) is 12.1 Å². The molecule has 0 aliphatic heterocycles. The van der Waals surface area contributed by atoms with Crippen LogP contribution in [0.25, 0.3) is 0 Å². The van der Waals surface area contributed by atoms with Gasteiger partial charge in [-0.1, -0.05) is 41.9 Å². The first-order valence-electron chi connectivity index (χ1n) is 8.37. The van der Waals surface area contributed by atoms with Gasteiger partial charge in [0.05, 0.1) is 11.0 Å². The number of nitro benzene ring substituents is 1. The van der Waals surface area contributed by atoms with Gasteiger partial charge in [-0.15, -0.1) is 17.0 Å². The van der Waals surface area contributed by atoms with Crippen molar-refractivity contribution in [2.24, 2.45) is 0 Å². The van der Waals surface area contributed by atoms with Crippen molar-refractivity contribution in [1.82, 2.24) is 0 Å². The number of nitro groups is 1. The Kier molecular flexibility index (Phi) is 7.72. The van der Waals surface area contributed by atoms with Gasteiger partial charge in [0.25, 0.3) is 5.69 Å². The number of carbonyl (C=O) groups is 1. The maximum absolute atomic E-state index is 12.7. The molecule has 1 unspecified atom stereocenters. The molecule has 0 spiro atoms. The molecule has 0 bridgehead atoms. The summed E-state index contributed by atoms with van der Waals surface area (Å²) >= 11 is 5.89. The number of Topliss-reactive ketones (excluding diaryl/α,β-unsaturated/α-hetero) is 1. The number of nitrogens with zero attached hydrogens (tertiary/aromatic N) is 1. The van der Waals surface area contributed by atoms with E-state index in [1.54, 1.807) is 36.4 Å². The SMILES string of the molecule is Br.O=C(CC(Nc1ccc([N+](=O)[O-])cc1)c1ccccc1)c1ccc(Cl)cc1. The van der Waals surface area contributed by atoms with Crippen molar-refractivity contribution >= 4 is 45.7 Å². The second-order valence-electron chi connectivity index (χ2n) is 6.05. The number of halogens is 2. The Bertz CT molecular complexity index is 932. The third-order valence-corrected chi connectivity index (χ3v) is 4.43. The Labute approximate surface area is 178 Å². The van der Waals surface area contributed by atoms with Gasteiger partial charge >= 0.3 is 0 Å². The molecule has 0 saturated carbocycles. The number of hydrogen-bond donors (Lipinski definition) is 1. The maximum atomic E-state index is 12.7. The third-order valence-electron chi connectivity index (χ3n) is 4.18. The molecule has 0 aromatic heterocycles. The van der Waals surface area contributed by atoms with Gasteiger partial charge in [0.2, 0.25) is 0 Å². The van der Waals surface area contributed by atoms with Crippen molar-refractivity contribution in [3.63, 3.8) is 0 Å². The normalized spacial score (nSPS) is 11.2. The van der Waals surface area contributed by atoms with Crippen LogP contribution in [0.4, 0.5) is 11.4 Å². The lowest BCUT2D eigenvalue weighted by atomic mass is 9.97.